The van der Waals surface area contributed by atoms with Crippen molar-refractivity contribution in [1.29, 1.82) is 0 Å². The largest absolute Gasteiger partial charge is 0.354 e. The zero-order valence-electron chi connectivity index (χ0n) is 11.8. The summed E-state index contributed by atoms with van der Waals surface area (Å²) in [5, 5.41) is 0. The van der Waals surface area contributed by atoms with Crippen molar-refractivity contribution in [2.24, 2.45) is 0 Å². The summed E-state index contributed by atoms with van der Waals surface area (Å²) in [7, 11) is 0. The number of benzene rings is 1. The molecule has 1 aromatic heterocycles. The van der Waals surface area contributed by atoms with Crippen LogP contribution in [0.2, 0.25) is 0 Å². The lowest BCUT2D eigenvalue weighted by molar-refractivity contribution is 0.726. The Labute approximate surface area is 119 Å². The third-order valence-corrected chi connectivity index (χ3v) is 4.19. The van der Waals surface area contributed by atoms with Crippen molar-refractivity contribution in [3.63, 3.8) is 0 Å². The van der Waals surface area contributed by atoms with Gasteiger partial charge in [-0.15, -0.1) is 0 Å². The van der Waals surface area contributed by atoms with Crippen LogP contribution in [0, 0.1) is 0 Å². The normalized spacial score (nSPS) is 19.2. The molecule has 104 valence electrons. The molecular formula is C16H20N4. The van der Waals surface area contributed by atoms with Gasteiger partial charge in [-0.3, -0.25) is 0 Å². The van der Waals surface area contributed by atoms with Gasteiger partial charge in [0.2, 0.25) is 0 Å². The molecule has 0 unspecified atom stereocenters. The molecule has 0 atom stereocenters. The quantitative estimate of drug-likeness (QED) is 0.784. The molecule has 2 saturated heterocycles. The third-order valence-electron chi connectivity index (χ3n) is 4.19. The summed E-state index contributed by atoms with van der Waals surface area (Å²) in [6.07, 6.45) is 5.23. The minimum atomic E-state index is 1.01. The molecule has 4 nitrogen and oxygen atoms in total. The SMILES string of the molecule is c1ccc2nc(N3CC3)c(N3CCCCCC3)nc2c1. The lowest BCUT2D eigenvalue weighted by Gasteiger charge is -2.24. The maximum absolute atomic E-state index is 4.92. The van der Waals surface area contributed by atoms with Gasteiger partial charge in [0, 0.05) is 26.2 Å². The van der Waals surface area contributed by atoms with E-state index in [0.717, 1.165) is 48.8 Å². The van der Waals surface area contributed by atoms with Gasteiger partial charge >= 0.3 is 0 Å². The molecule has 0 spiro atoms. The number of aromatic nitrogens is 2. The molecule has 0 radical (unpaired) electrons. The fourth-order valence-corrected chi connectivity index (χ4v) is 2.95. The van der Waals surface area contributed by atoms with E-state index in [1.165, 1.54) is 25.7 Å². The van der Waals surface area contributed by atoms with E-state index in [1.54, 1.807) is 0 Å². The zero-order chi connectivity index (χ0) is 13.4. The molecule has 2 aliphatic heterocycles. The summed E-state index contributed by atoms with van der Waals surface area (Å²) in [6, 6.07) is 8.20. The minimum absolute atomic E-state index is 1.01. The van der Waals surface area contributed by atoms with Crippen LogP contribution in [0.3, 0.4) is 0 Å². The van der Waals surface area contributed by atoms with Crippen LogP contribution in [0.4, 0.5) is 11.6 Å². The number of anilines is 2. The number of para-hydroxylation sites is 2. The second-order valence-electron chi connectivity index (χ2n) is 5.75. The maximum atomic E-state index is 4.92. The standard InChI is InChI=1S/C16H20N4/c1-2-6-10-19(9-5-1)15-16(20-11-12-20)18-14-8-4-3-7-13(14)17-15/h3-4,7-8H,1-2,5-6,9-12H2. The first-order chi connectivity index (χ1) is 9.92. The molecule has 4 rings (SSSR count). The lowest BCUT2D eigenvalue weighted by atomic mass is 10.2. The first-order valence-electron chi connectivity index (χ1n) is 7.68. The number of rotatable bonds is 2. The minimum Gasteiger partial charge on any atom is -0.354 e. The summed E-state index contributed by atoms with van der Waals surface area (Å²) in [6.45, 7) is 4.48. The smallest absolute Gasteiger partial charge is 0.172 e. The van der Waals surface area contributed by atoms with Crippen molar-refractivity contribution >= 4 is 22.7 Å². The Hall–Kier alpha value is -1.84. The molecule has 0 aliphatic carbocycles. The second-order valence-corrected chi connectivity index (χ2v) is 5.75. The molecule has 0 saturated carbocycles. The van der Waals surface area contributed by atoms with Crippen LogP contribution in [0.25, 0.3) is 11.0 Å². The Kier molecular flexibility index (Phi) is 2.94. The lowest BCUT2D eigenvalue weighted by Crippen LogP contribution is -2.26. The van der Waals surface area contributed by atoms with Crippen molar-refractivity contribution in [3.05, 3.63) is 24.3 Å². The number of hydrogen-bond acceptors (Lipinski definition) is 4. The predicted molar refractivity (Wildman–Crippen MR) is 82.4 cm³/mol. The number of hydrogen-bond donors (Lipinski definition) is 0. The predicted octanol–water partition coefficient (Wildman–Crippen LogP) is 2.83. The van der Waals surface area contributed by atoms with Crippen LogP contribution >= 0.6 is 0 Å². The van der Waals surface area contributed by atoms with Crippen molar-refractivity contribution in [2.45, 2.75) is 25.7 Å². The topological polar surface area (TPSA) is 32.0 Å². The van der Waals surface area contributed by atoms with E-state index in [1.807, 2.05) is 12.1 Å². The molecule has 1 aromatic carbocycles. The van der Waals surface area contributed by atoms with Crippen LogP contribution in [-0.4, -0.2) is 36.1 Å². The van der Waals surface area contributed by atoms with E-state index in [2.05, 4.69) is 21.9 Å². The van der Waals surface area contributed by atoms with Gasteiger partial charge in [-0.05, 0) is 25.0 Å². The molecule has 2 aromatic rings. The summed E-state index contributed by atoms with van der Waals surface area (Å²) in [5.74, 6) is 2.19. The average Bonchev–Trinajstić information content (AvgIpc) is 3.32. The van der Waals surface area contributed by atoms with Crippen LogP contribution in [-0.2, 0) is 0 Å². The molecule has 20 heavy (non-hydrogen) atoms. The van der Waals surface area contributed by atoms with Gasteiger partial charge in [0.1, 0.15) is 0 Å². The summed E-state index contributed by atoms with van der Waals surface area (Å²) >= 11 is 0. The zero-order valence-corrected chi connectivity index (χ0v) is 11.8. The van der Waals surface area contributed by atoms with E-state index in [9.17, 15) is 0 Å². The van der Waals surface area contributed by atoms with E-state index >= 15 is 0 Å². The van der Waals surface area contributed by atoms with Gasteiger partial charge in [0.05, 0.1) is 11.0 Å². The molecule has 0 amide bonds. The molecule has 4 heteroatoms. The Balaban J connectivity index is 1.80. The van der Waals surface area contributed by atoms with Crippen LogP contribution in [0.15, 0.2) is 24.3 Å². The van der Waals surface area contributed by atoms with E-state index in [4.69, 9.17) is 9.97 Å². The monoisotopic (exact) mass is 268 g/mol. The van der Waals surface area contributed by atoms with Crippen LogP contribution in [0.5, 0.6) is 0 Å². The Bertz CT molecular complexity index is 613. The van der Waals surface area contributed by atoms with Crippen LogP contribution in [0.1, 0.15) is 25.7 Å². The molecule has 2 aliphatic rings. The van der Waals surface area contributed by atoms with E-state index in [-0.39, 0.29) is 0 Å². The highest BCUT2D eigenvalue weighted by Gasteiger charge is 2.27. The van der Waals surface area contributed by atoms with Gasteiger partial charge in [-0.1, -0.05) is 25.0 Å². The summed E-state index contributed by atoms with van der Waals surface area (Å²) < 4.78 is 0. The van der Waals surface area contributed by atoms with Gasteiger partial charge in [-0.25, -0.2) is 9.97 Å². The molecule has 3 heterocycles. The third kappa shape index (κ3) is 2.19. The first-order valence-corrected chi connectivity index (χ1v) is 7.68. The van der Waals surface area contributed by atoms with E-state index in [0.29, 0.717) is 0 Å². The fraction of sp³-hybridized carbons (Fsp3) is 0.500. The molecule has 2 fully saturated rings. The molecule has 0 N–H and O–H groups in total. The van der Waals surface area contributed by atoms with Crippen molar-refractivity contribution in [3.8, 4) is 0 Å². The highest BCUT2D eigenvalue weighted by atomic mass is 15.3. The summed E-state index contributed by atoms with van der Waals surface area (Å²) in [5.41, 5.74) is 2.02. The van der Waals surface area contributed by atoms with Crippen molar-refractivity contribution in [1.82, 2.24) is 9.97 Å². The maximum Gasteiger partial charge on any atom is 0.172 e. The number of fused-ring (bicyclic) bond motifs is 1. The van der Waals surface area contributed by atoms with E-state index < -0.39 is 0 Å². The second kappa shape index (κ2) is 4.93. The van der Waals surface area contributed by atoms with Crippen LogP contribution < -0.4 is 9.80 Å². The number of nitrogens with zero attached hydrogens (tertiary/aromatic N) is 4. The molecule has 0 bridgehead atoms. The Morgan fingerprint density at radius 3 is 1.65 bits per heavy atom. The summed E-state index contributed by atoms with van der Waals surface area (Å²) in [4.78, 5) is 14.6. The van der Waals surface area contributed by atoms with Crippen molar-refractivity contribution in [2.75, 3.05) is 36.0 Å². The highest BCUT2D eigenvalue weighted by Crippen LogP contribution is 2.32. The average molecular weight is 268 g/mol. The fourth-order valence-electron chi connectivity index (χ4n) is 2.95. The van der Waals surface area contributed by atoms with Gasteiger partial charge in [0.15, 0.2) is 11.6 Å². The Morgan fingerprint density at radius 1 is 0.650 bits per heavy atom. The first kappa shape index (κ1) is 11.9. The highest BCUT2D eigenvalue weighted by molar-refractivity contribution is 5.81. The molecular weight excluding hydrogens is 248 g/mol. The van der Waals surface area contributed by atoms with Crippen molar-refractivity contribution < 1.29 is 0 Å². The Morgan fingerprint density at radius 2 is 1.15 bits per heavy atom. The van der Waals surface area contributed by atoms with Gasteiger partial charge in [-0.2, -0.15) is 0 Å². The van der Waals surface area contributed by atoms with Gasteiger partial charge in [0.25, 0.3) is 0 Å². The van der Waals surface area contributed by atoms with Gasteiger partial charge < -0.3 is 9.80 Å².